The van der Waals surface area contributed by atoms with E-state index in [1.54, 1.807) is 0 Å². The Bertz CT molecular complexity index is 726. The summed E-state index contributed by atoms with van der Waals surface area (Å²) in [5.41, 5.74) is 0. The fourth-order valence-corrected chi connectivity index (χ4v) is 5.74. The first kappa shape index (κ1) is 38.3. The zero-order chi connectivity index (χ0) is 31.8. The summed E-state index contributed by atoms with van der Waals surface area (Å²) < 4.78 is 16.0. The molecule has 0 spiro atoms. The van der Waals surface area contributed by atoms with Gasteiger partial charge in [0.15, 0.2) is 6.29 Å². The molecule has 0 aromatic carbocycles. The third-order valence-electron chi connectivity index (χ3n) is 8.68. The minimum Gasteiger partial charge on any atom is -0.463 e. The average Bonchev–Trinajstić information content (AvgIpc) is 3.00. The number of hydrogen-bond donors (Lipinski definition) is 8. The molecule has 0 aromatic heterocycles. The molecule has 0 aromatic rings. The SMILES string of the molecule is CCCCCCCCCCCCCCCCCCC(=O)OC[C@H]1O[C@H](OC2[C@@H](O)[C@H](O)C(O)[C@H](O)[C@H]2O)[C@@H](O)[C@@H](O)[C@@H]1O. The summed E-state index contributed by atoms with van der Waals surface area (Å²) in [6.45, 7) is 1.80. The highest BCUT2D eigenvalue weighted by atomic mass is 16.7. The number of aliphatic hydroxyl groups excluding tert-OH is 8. The molecule has 1 saturated carbocycles. The van der Waals surface area contributed by atoms with Gasteiger partial charge >= 0.3 is 5.97 Å². The first-order chi connectivity index (χ1) is 20.6. The molecule has 2 rings (SSSR count). The standard InChI is InChI=1S/C31H58O12/c1-2-3-4-5-6-7-8-9-10-11-12-13-14-15-16-17-18-21(32)41-19-20-22(33)23(34)29(40)31(42-20)43-30-27(38)25(36)24(35)26(37)28(30)39/h20,22-31,33-40H,2-19H2,1H3/t20-,22-,23+,24?,25-,26+,27+,28-,29+,30?,31-/m1/s1. The van der Waals surface area contributed by atoms with Crippen molar-refractivity contribution in [2.45, 2.75) is 183 Å². The van der Waals surface area contributed by atoms with Gasteiger partial charge in [0.25, 0.3) is 0 Å². The highest BCUT2D eigenvalue weighted by molar-refractivity contribution is 5.69. The molecule has 1 aliphatic heterocycles. The number of rotatable bonds is 21. The van der Waals surface area contributed by atoms with Crippen LogP contribution in [0.2, 0.25) is 0 Å². The molecule has 11 atom stereocenters. The Labute approximate surface area is 256 Å². The zero-order valence-corrected chi connectivity index (χ0v) is 25.8. The lowest BCUT2D eigenvalue weighted by Gasteiger charge is -2.46. The van der Waals surface area contributed by atoms with E-state index >= 15 is 0 Å². The number of ether oxygens (including phenoxy) is 3. The van der Waals surface area contributed by atoms with Crippen LogP contribution in [0.5, 0.6) is 0 Å². The van der Waals surface area contributed by atoms with Crippen molar-refractivity contribution < 1.29 is 59.9 Å². The van der Waals surface area contributed by atoms with Gasteiger partial charge in [-0.1, -0.05) is 103 Å². The summed E-state index contributed by atoms with van der Waals surface area (Å²) in [4.78, 5) is 12.2. The van der Waals surface area contributed by atoms with E-state index in [1.807, 2.05) is 0 Å². The van der Waals surface area contributed by atoms with Crippen molar-refractivity contribution in [1.29, 1.82) is 0 Å². The van der Waals surface area contributed by atoms with Crippen molar-refractivity contribution in [1.82, 2.24) is 0 Å². The number of unbranched alkanes of at least 4 members (excludes halogenated alkanes) is 15. The maximum Gasteiger partial charge on any atom is 0.305 e. The second-order valence-electron chi connectivity index (χ2n) is 12.3. The van der Waals surface area contributed by atoms with Gasteiger partial charge in [-0.05, 0) is 6.42 Å². The van der Waals surface area contributed by atoms with Crippen LogP contribution in [0.25, 0.3) is 0 Å². The van der Waals surface area contributed by atoms with Crippen molar-refractivity contribution in [3.05, 3.63) is 0 Å². The van der Waals surface area contributed by atoms with E-state index in [9.17, 15) is 45.6 Å². The normalized spacial score (nSPS) is 34.8. The van der Waals surface area contributed by atoms with E-state index in [0.717, 1.165) is 19.3 Å². The predicted octanol–water partition coefficient (Wildman–Crippen LogP) is 1.19. The van der Waals surface area contributed by atoms with Crippen LogP contribution in [-0.2, 0) is 19.0 Å². The maximum atomic E-state index is 12.2. The second-order valence-corrected chi connectivity index (χ2v) is 12.3. The number of aliphatic hydroxyl groups is 8. The van der Waals surface area contributed by atoms with Crippen molar-refractivity contribution in [3.63, 3.8) is 0 Å². The molecule has 254 valence electrons. The van der Waals surface area contributed by atoms with Crippen LogP contribution in [0.1, 0.15) is 116 Å². The van der Waals surface area contributed by atoms with Gasteiger partial charge in [-0.3, -0.25) is 4.79 Å². The second kappa shape index (κ2) is 21.0. The van der Waals surface area contributed by atoms with Gasteiger partial charge in [-0.15, -0.1) is 0 Å². The van der Waals surface area contributed by atoms with Gasteiger partial charge in [-0.2, -0.15) is 0 Å². The van der Waals surface area contributed by atoms with Crippen molar-refractivity contribution in [2.75, 3.05) is 6.61 Å². The van der Waals surface area contributed by atoms with Crippen LogP contribution in [0.4, 0.5) is 0 Å². The molecule has 0 radical (unpaired) electrons. The van der Waals surface area contributed by atoms with Crippen LogP contribution in [0.3, 0.4) is 0 Å². The van der Waals surface area contributed by atoms with Crippen LogP contribution in [0, 0.1) is 0 Å². The lowest BCUT2D eigenvalue weighted by Crippen LogP contribution is -2.67. The fourth-order valence-electron chi connectivity index (χ4n) is 5.74. The Morgan fingerprint density at radius 2 is 0.930 bits per heavy atom. The molecule has 1 saturated heterocycles. The monoisotopic (exact) mass is 622 g/mol. The molecule has 1 aliphatic carbocycles. The minimum absolute atomic E-state index is 0.185. The highest BCUT2D eigenvalue weighted by Crippen LogP contribution is 2.29. The molecule has 0 amide bonds. The summed E-state index contributed by atoms with van der Waals surface area (Å²) in [6, 6.07) is 0. The first-order valence-corrected chi connectivity index (χ1v) is 16.5. The summed E-state index contributed by atoms with van der Waals surface area (Å²) >= 11 is 0. The molecular formula is C31H58O12. The number of esters is 1. The topological polar surface area (TPSA) is 207 Å². The van der Waals surface area contributed by atoms with E-state index in [0.29, 0.717) is 6.42 Å². The van der Waals surface area contributed by atoms with Crippen molar-refractivity contribution in [3.8, 4) is 0 Å². The smallest absolute Gasteiger partial charge is 0.305 e. The maximum absolute atomic E-state index is 12.2. The fraction of sp³-hybridized carbons (Fsp3) is 0.968. The molecule has 2 unspecified atom stereocenters. The Kier molecular flexibility index (Phi) is 18.7. The largest absolute Gasteiger partial charge is 0.463 e. The third-order valence-corrected chi connectivity index (χ3v) is 8.68. The summed E-state index contributed by atoms with van der Waals surface area (Å²) in [5, 5.41) is 80.7. The van der Waals surface area contributed by atoms with E-state index in [4.69, 9.17) is 14.2 Å². The Hall–Kier alpha value is -0.930. The molecular weight excluding hydrogens is 564 g/mol. The molecule has 0 bridgehead atoms. The lowest BCUT2D eigenvalue weighted by atomic mass is 9.84. The molecule has 12 nitrogen and oxygen atoms in total. The molecule has 12 heteroatoms. The molecule has 2 aliphatic rings. The van der Waals surface area contributed by atoms with Crippen LogP contribution in [-0.4, -0.2) is 121 Å². The van der Waals surface area contributed by atoms with Gasteiger partial charge in [0.05, 0.1) is 0 Å². The quantitative estimate of drug-likeness (QED) is 0.0671. The zero-order valence-electron chi connectivity index (χ0n) is 25.8. The summed E-state index contributed by atoms with van der Waals surface area (Å²) in [5.74, 6) is -0.502. The molecule has 43 heavy (non-hydrogen) atoms. The van der Waals surface area contributed by atoms with E-state index < -0.39 is 79.9 Å². The summed E-state index contributed by atoms with van der Waals surface area (Å²) in [6.07, 6.45) is 0.554. The van der Waals surface area contributed by atoms with E-state index in [2.05, 4.69) is 6.92 Å². The predicted molar refractivity (Wildman–Crippen MR) is 157 cm³/mol. The van der Waals surface area contributed by atoms with E-state index in [-0.39, 0.29) is 6.42 Å². The van der Waals surface area contributed by atoms with Crippen molar-refractivity contribution >= 4 is 5.97 Å². The Morgan fingerprint density at radius 3 is 1.40 bits per heavy atom. The average molecular weight is 623 g/mol. The number of hydrogen-bond acceptors (Lipinski definition) is 12. The number of carbonyl (C=O) groups excluding carboxylic acids is 1. The Morgan fingerprint density at radius 1 is 0.535 bits per heavy atom. The van der Waals surface area contributed by atoms with Gasteiger partial charge < -0.3 is 55.1 Å². The van der Waals surface area contributed by atoms with Gasteiger partial charge in [0.1, 0.15) is 67.6 Å². The molecule has 1 heterocycles. The molecule has 2 fully saturated rings. The van der Waals surface area contributed by atoms with Gasteiger partial charge in [0, 0.05) is 6.42 Å². The first-order valence-electron chi connectivity index (χ1n) is 16.5. The third kappa shape index (κ3) is 12.8. The van der Waals surface area contributed by atoms with Crippen LogP contribution in [0.15, 0.2) is 0 Å². The van der Waals surface area contributed by atoms with Crippen LogP contribution < -0.4 is 0 Å². The van der Waals surface area contributed by atoms with Gasteiger partial charge in [0.2, 0.25) is 0 Å². The number of carbonyl (C=O) groups is 1. The van der Waals surface area contributed by atoms with Crippen molar-refractivity contribution in [2.24, 2.45) is 0 Å². The van der Waals surface area contributed by atoms with Gasteiger partial charge in [-0.25, -0.2) is 0 Å². The van der Waals surface area contributed by atoms with E-state index in [1.165, 1.54) is 77.0 Å². The minimum atomic E-state index is -1.86. The summed E-state index contributed by atoms with van der Waals surface area (Å²) in [7, 11) is 0. The molecule has 8 N–H and O–H groups in total. The highest BCUT2D eigenvalue weighted by Gasteiger charge is 2.52. The lowest BCUT2D eigenvalue weighted by molar-refractivity contribution is -0.339. The Balaban J connectivity index is 1.57. The van der Waals surface area contributed by atoms with Crippen LogP contribution >= 0.6 is 0 Å².